The third kappa shape index (κ3) is 4.42. The highest BCUT2D eigenvalue weighted by Gasteiger charge is 2.26. The third-order valence-electron chi connectivity index (χ3n) is 4.65. The number of hydrogen-bond donors (Lipinski definition) is 3. The van der Waals surface area contributed by atoms with Crippen LogP contribution in [0.5, 0.6) is 0 Å². The van der Waals surface area contributed by atoms with E-state index in [1.807, 2.05) is 24.3 Å². The largest absolute Gasteiger partial charge is 0.331 e. The molecule has 0 saturated carbocycles. The minimum atomic E-state index is -0.715. The predicted octanol–water partition coefficient (Wildman–Crippen LogP) is 3.67. The highest BCUT2D eigenvalue weighted by atomic mass is 19.1. The lowest BCUT2D eigenvalue weighted by Gasteiger charge is -2.21. The number of aryl methyl sites for hydroxylation is 1. The molecule has 27 heavy (non-hydrogen) atoms. The molecule has 142 valence electrons. The van der Waals surface area contributed by atoms with Gasteiger partial charge in [0.15, 0.2) is 0 Å². The third-order valence-corrected chi connectivity index (χ3v) is 4.65. The number of carbonyl (C=O) groups is 2. The van der Waals surface area contributed by atoms with E-state index in [1.54, 1.807) is 6.92 Å². The van der Waals surface area contributed by atoms with Crippen molar-refractivity contribution in [1.82, 2.24) is 10.6 Å². The maximum absolute atomic E-state index is 14.0. The van der Waals surface area contributed by atoms with Gasteiger partial charge in [-0.15, -0.1) is 0 Å². The van der Waals surface area contributed by atoms with E-state index in [2.05, 4.69) is 16.0 Å². The lowest BCUT2D eigenvalue weighted by molar-refractivity contribution is -0.117. The van der Waals surface area contributed by atoms with Gasteiger partial charge in [0.1, 0.15) is 17.7 Å². The summed E-state index contributed by atoms with van der Waals surface area (Å²) in [5, 5.41) is 8.06. The van der Waals surface area contributed by atoms with Crippen molar-refractivity contribution in [3.05, 3.63) is 65.2 Å². The maximum Gasteiger partial charge on any atom is 0.315 e. The molecule has 1 aliphatic rings. The minimum Gasteiger partial charge on any atom is -0.331 e. The second-order valence-corrected chi connectivity index (χ2v) is 6.48. The van der Waals surface area contributed by atoms with Gasteiger partial charge >= 0.3 is 6.03 Å². The average molecular weight is 373 g/mol. The summed E-state index contributed by atoms with van der Waals surface area (Å²) >= 11 is 0. The van der Waals surface area contributed by atoms with Gasteiger partial charge in [-0.25, -0.2) is 13.6 Å². The van der Waals surface area contributed by atoms with Crippen molar-refractivity contribution in [2.24, 2.45) is 0 Å². The van der Waals surface area contributed by atoms with Crippen LogP contribution in [-0.4, -0.2) is 18.0 Å². The Morgan fingerprint density at radius 3 is 2.81 bits per heavy atom. The Morgan fingerprint density at radius 2 is 2.04 bits per heavy atom. The Hall–Kier alpha value is -2.96. The standard InChI is InChI=1S/C20H21F2N3O2/c1-2-16(14-11-13(21)8-9-15(14)22)24-20(27)25-18-10-7-12-5-3-4-6-17(12)23-19(18)26/h3-6,8-9,11,16,18H,2,7,10H2,1H3,(H,23,26)(H2,24,25,27). The van der Waals surface area contributed by atoms with E-state index in [1.165, 1.54) is 0 Å². The number of anilines is 1. The van der Waals surface area contributed by atoms with E-state index in [0.717, 1.165) is 29.4 Å². The molecule has 1 heterocycles. The molecule has 1 aliphatic heterocycles. The topological polar surface area (TPSA) is 70.2 Å². The first-order chi connectivity index (χ1) is 13.0. The summed E-state index contributed by atoms with van der Waals surface area (Å²) in [5.41, 5.74) is 1.81. The van der Waals surface area contributed by atoms with Crippen LogP contribution in [0, 0.1) is 11.6 Å². The Balaban J connectivity index is 1.66. The van der Waals surface area contributed by atoms with Gasteiger partial charge in [0.25, 0.3) is 0 Å². The molecule has 3 amide bonds. The van der Waals surface area contributed by atoms with Gasteiger partial charge < -0.3 is 16.0 Å². The van der Waals surface area contributed by atoms with Crippen molar-refractivity contribution >= 4 is 17.6 Å². The highest BCUT2D eigenvalue weighted by Crippen LogP contribution is 2.23. The molecule has 3 rings (SSSR count). The summed E-state index contributed by atoms with van der Waals surface area (Å²) < 4.78 is 27.4. The Morgan fingerprint density at radius 1 is 1.26 bits per heavy atom. The molecule has 0 fully saturated rings. The van der Waals surface area contributed by atoms with Crippen LogP contribution in [0.2, 0.25) is 0 Å². The van der Waals surface area contributed by atoms with Gasteiger partial charge in [-0.1, -0.05) is 25.1 Å². The average Bonchev–Trinajstić information content (AvgIpc) is 2.81. The number of rotatable bonds is 4. The van der Waals surface area contributed by atoms with Crippen LogP contribution in [0.15, 0.2) is 42.5 Å². The molecule has 2 unspecified atom stereocenters. The number of para-hydroxylation sites is 1. The molecule has 0 aliphatic carbocycles. The predicted molar refractivity (Wildman–Crippen MR) is 98.2 cm³/mol. The first kappa shape index (κ1) is 18.8. The second-order valence-electron chi connectivity index (χ2n) is 6.48. The molecule has 7 heteroatoms. The number of urea groups is 1. The van der Waals surface area contributed by atoms with E-state index in [0.29, 0.717) is 19.3 Å². The van der Waals surface area contributed by atoms with Gasteiger partial charge in [0.05, 0.1) is 6.04 Å². The molecule has 0 spiro atoms. The van der Waals surface area contributed by atoms with Gasteiger partial charge in [-0.2, -0.15) is 0 Å². The fourth-order valence-corrected chi connectivity index (χ4v) is 3.19. The van der Waals surface area contributed by atoms with Crippen LogP contribution in [0.4, 0.5) is 19.3 Å². The summed E-state index contributed by atoms with van der Waals surface area (Å²) in [6, 6.07) is 8.58. The molecule has 2 aromatic rings. The Bertz CT molecular complexity index is 857. The number of halogens is 2. The zero-order valence-corrected chi connectivity index (χ0v) is 14.9. The van der Waals surface area contributed by atoms with Crippen molar-refractivity contribution in [3.8, 4) is 0 Å². The summed E-state index contributed by atoms with van der Waals surface area (Å²) in [6.45, 7) is 1.75. The van der Waals surface area contributed by atoms with E-state index in [-0.39, 0.29) is 11.5 Å². The number of carbonyl (C=O) groups excluding carboxylic acids is 2. The van der Waals surface area contributed by atoms with Crippen molar-refractivity contribution in [1.29, 1.82) is 0 Å². The van der Waals surface area contributed by atoms with Crippen LogP contribution >= 0.6 is 0 Å². The number of hydrogen-bond acceptors (Lipinski definition) is 2. The summed E-state index contributed by atoms with van der Waals surface area (Å²) in [5.74, 6) is -1.47. The van der Waals surface area contributed by atoms with Gasteiger partial charge in [0, 0.05) is 11.3 Å². The lowest BCUT2D eigenvalue weighted by Crippen LogP contribution is -2.48. The van der Waals surface area contributed by atoms with E-state index < -0.39 is 29.7 Å². The van der Waals surface area contributed by atoms with Crippen LogP contribution in [0.1, 0.15) is 36.9 Å². The SMILES string of the molecule is CCC(NC(=O)NC1CCc2ccccc2NC1=O)c1cc(F)ccc1F. The van der Waals surface area contributed by atoms with E-state index >= 15 is 0 Å². The van der Waals surface area contributed by atoms with Crippen molar-refractivity contribution in [2.75, 3.05) is 5.32 Å². The molecular formula is C20H21F2N3O2. The zero-order valence-electron chi connectivity index (χ0n) is 14.9. The summed E-state index contributed by atoms with van der Waals surface area (Å²) in [6.07, 6.45) is 1.45. The molecule has 0 saturated heterocycles. The number of fused-ring (bicyclic) bond motifs is 1. The summed E-state index contributed by atoms with van der Waals surface area (Å²) in [4.78, 5) is 24.7. The van der Waals surface area contributed by atoms with Crippen LogP contribution in [0.25, 0.3) is 0 Å². The molecular weight excluding hydrogens is 352 g/mol. The Labute approximate surface area is 156 Å². The van der Waals surface area contributed by atoms with Gasteiger partial charge in [-0.3, -0.25) is 4.79 Å². The monoisotopic (exact) mass is 373 g/mol. The van der Waals surface area contributed by atoms with E-state index in [9.17, 15) is 18.4 Å². The molecule has 3 N–H and O–H groups in total. The number of nitrogens with one attached hydrogen (secondary N) is 3. The van der Waals surface area contributed by atoms with E-state index in [4.69, 9.17) is 0 Å². The molecule has 5 nitrogen and oxygen atoms in total. The summed E-state index contributed by atoms with van der Waals surface area (Å²) in [7, 11) is 0. The first-order valence-electron chi connectivity index (χ1n) is 8.88. The highest BCUT2D eigenvalue weighted by molar-refractivity contribution is 5.98. The van der Waals surface area contributed by atoms with Crippen LogP contribution < -0.4 is 16.0 Å². The Kier molecular flexibility index (Phi) is 5.69. The lowest BCUT2D eigenvalue weighted by atomic mass is 10.0. The smallest absolute Gasteiger partial charge is 0.315 e. The van der Waals surface area contributed by atoms with Crippen molar-refractivity contribution in [2.45, 2.75) is 38.3 Å². The zero-order chi connectivity index (χ0) is 19.4. The minimum absolute atomic E-state index is 0.0744. The molecule has 2 aromatic carbocycles. The normalized spacial score (nSPS) is 17.3. The fourth-order valence-electron chi connectivity index (χ4n) is 3.19. The second kappa shape index (κ2) is 8.16. The molecule has 0 aromatic heterocycles. The van der Waals surface area contributed by atoms with Crippen LogP contribution in [-0.2, 0) is 11.2 Å². The first-order valence-corrected chi connectivity index (χ1v) is 8.88. The van der Waals surface area contributed by atoms with Crippen LogP contribution in [0.3, 0.4) is 0 Å². The van der Waals surface area contributed by atoms with Gasteiger partial charge in [0.2, 0.25) is 5.91 Å². The molecule has 0 bridgehead atoms. The van der Waals surface area contributed by atoms with Gasteiger partial charge in [-0.05, 0) is 49.1 Å². The number of benzene rings is 2. The van der Waals surface area contributed by atoms with Crippen molar-refractivity contribution < 1.29 is 18.4 Å². The fraction of sp³-hybridized carbons (Fsp3) is 0.300. The number of amides is 3. The molecule has 0 radical (unpaired) electrons. The molecule has 2 atom stereocenters. The maximum atomic E-state index is 14.0. The van der Waals surface area contributed by atoms with Crippen molar-refractivity contribution in [3.63, 3.8) is 0 Å². The quantitative estimate of drug-likeness (QED) is 0.765.